The van der Waals surface area contributed by atoms with E-state index in [2.05, 4.69) is 29.4 Å². The van der Waals surface area contributed by atoms with Crippen LogP contribution in [0.15, 0.2) is 59.6 Å². The number of fused-ring (bicyclic) bond motifs is 1. The molecule has 0 aliphatic carbocycles. The second-order valence-electron chi connectivity index (χ2n) is 9.00. The number of nitrogens with zero attached hydrogens (tertiary/aromatic N) is 2. The summed E-state index contributed by atoms with van der Waals surface area (Å²) in [5.74, 6) is -0.372. The highest BCUT2D eigenvalue weighted by molar-refractivity contribution is 7.89. The number of para-hydroxylation sites is 1. The first-order chi connectivity index (χ1) is 15.9. The summed E-state index contributed by atoms with van der Waals surface area (Å²) < 4.78 is 41.0. The number of sulfonamides is 1. The van der Waals surface area contributed by atoms with Gasteiger partial charge in [0, 0.05) is 49.2 Å². The number of carbonyl (C=O) groups excluding carboxylic acids is 1. The lowest BCUT2D eigenvalue weighted by Gasteiger charge is -2.37. The second kappa shape index (κ2) is 8.91. The van der Waals surface area contributed by atoms with Gasteiger partial charge < -0.3 is 9.88 Å². The fraction of sp³-hybridized carbons (Fsp3) is 0.400. The summed E-state index contributed by atoms with van der Waals surface area (Å²) in [5, 5.41) is 1.26. The molecule has 2 fully saturated rings. The van der Waals surface area contributed by atoms with Crippen LogP contribution in [0.5, 0.6) is 0 Å². The Morgan fingerprint density at radius 2 is 1.58 bits per heavy atom. The topological polar surface area (TPSA) is 73.5 Å². The van der Waals surface area contributed by atoms with Gasteiger partial charge in [-0.15, -0.1) is 0 Å². The number of piperidine rings is 2. The maximum absolute atomic E-state index is 14.0. The van der Waals surface area contributed by atoms with Gasteiger partial charge in [-0.25, -0.2) is 12.8 Å². The van der Waals surface area contributed by atoms with Gasteiger partial charge in [0.05, 0.1) is 0 Å². The zero-order valence-corrected chi connectivity index (χ0v) is 19.2. The van der Waals surface area contributed by atoms with Crippen LogP contribution in [0.3, 0.4) is 0 Å². The van der Waals surface area contributed by atoms with Crippen molar-refractivity contribution < 1.29 is 17.6 Å². The number of hydrogen-bond acceptors (Lipinski definition) is 3. The Labute approximate surface area is 193 Å². The highest BCUT2D eigenvalue weighted by Crippen LogP contribution is 2.34. The molecule has 0 unspecified atom stereocenters. The third kappa shape index (κ3) is 4.17. The summed E-state index contributed by atoms with van der Waals surface area (Å²) in [6, 6.07) is 13.7. The first-order valence-electron chi connectivity index (χ1n) is 11.5. The quantitative estimate of drug-likeness (QED) is 0.625. The van der Waals surface area contributed by atoms with E-state index in [-0.39, 0.29) is 29.8 Å². The van der Waals surface area contributed by atoms with E-state index in [0.29, 0.717) is 18.8 Å². The number of H-pyrrole nitrogens is 1. The van der Waals surface area contributed by atoms with Crippen molar-refractivity contribution in [3.8, 4) is 0 Å². The monoisotopic (exact) mass is 469 g/mol. The van der Waals surface area contributed by atoms with Crippen LogP contribution in [0.1, 0.15) is 37.2 Å². The average Bonchev–Trinajstić information content (AvgIpc) is 3.28. The summed E-state index contributed by atoms with van der Waals surface area (Å²) in [4.78, 5) is 18.1. The number of rotatable bonds is 4. The molecule has 1 N–H and O–H groups in total. The van der Waals surface area contributed by atoms with Crippen molar-refractivity contribution in [3.63, 3.8) is 0 Å². The Morgan fingerprint density at radius 1 is 0.909 bits per heavy atom. The number of likely N-dealkylation sites (tertiary alicyclic amines) is 1. The SMILES string of the molecule is O=C(C1CCN(S(=O)(=O)c2ccccc2F)CC1)N1CCC(c2c[nH]c3ccccc23)CC1. The van der Waals surface area contributed by atoms with E-state index in [1.807, 2.05) is 11.0 Å². The molecule has 2 aliphatic rings. The number of aromatic nitrogens is 1. The molecule has 33 heavy (non-hydrogen) atoms. The lowest BCUT2D eigenvalue weighted by Crippen LogP contribution is -2.46. The molecule has 8 heteroatoms. The second-order valence-corrected chi connectivity index (χ2v) is 10.9. The lowest BCUT2D eigenvalue weighted by atomic mass is 9.88. The van der Waals surface area contributed by atoms with Crippen LogP contribution >= 0.6 is 0 Å². The van der Waals surface area contributed by atoms with Gasteiger partial charge in [0.25, 0.3) is 0 Å². The number of nitrogens with one attached hydrogen (secondary N) is 1. The molecule has 2 saturated heterocycles. The molecular formula is C25H28FN3O3S. The van der Waals surface area contributed by atoms with E-state index in [1.54, 1.807) is 0 Å². The summed E-state index contributed by atoms with van der Waals surface area (Å²) in [6.07, 6.45) is 4.88. The maximum atomic E-state index is 14.0. The maximum Gasteiger partial charge on any atom is 0.245 e. The minimum Gasteiger partial charge on any atom is -0.361 e. The number of aromatic amines is 1. The Hall–Kier alpha value is -2.71. The molecule has 2 aliphatic heterocycles. The standard InChI is InChI=1S/C25H28FN3O3S/c26-22-6-2-4-8-24(22)33(31,32)29-15-11-19(12-16-29)25(30)28-13-9-18(10-14-28)21-17-27-23-7-3-1-5-20(21)23/h1-8,17-19,27H,9-16H2. The van der Waals surface area contributed by atoms with Gasteiger partial charge in [0.15, 0.2) is 0 Å². The highest BCUT2D eigenvalue weighted by Gasteiger charge is 2.36. The average molecular weight is 470 g/mol. The minimum absolute atomic E-state index is 0.121. The Kier molecular flexibility index (Phi) is 5.97. The fourth-order valence-electron chi connectivity index (χ4n) is 5.24. The van der Waals surface area contributed by atoms with Crippen LogP contribution in [0.4, 0.5) is 4.39 Å². The highest BCUT2D eigenvalue weighted by atomic mass is 32.2. The summed E-state index contributed by atoms with van der Waals surface area (Å²) in [5.41, 5.74) is 2.47. The largest absolute Gasteiger partial charge is 0.361 e. The molecule has 5 rings (SSSR count). The molecule has 2 aromatic carbocycles. The smallest absolute Gasteiger partial charge is 0.245 e. The van der Waals surface area contributed by atoms with Crippen molar-refractivity contribution in [1.29, 1.82) is 0 Å². The molecule has 1 amide bonds. The summed E-state index contributed by atoms with van der Waals surface area (Å²) >= 11 is 0. The van der Waals surface area contributed by atoms with Crippen molar-refractivity contribution in [2.75, 3.05) is 26.2 Å². The van der Waals surface area contributed by atoms with Crippen molar-refractivity contribution in [2.45, 2.75) is 36.5 Å². The van der Waals surface area contributed by atoms with E-state index in [9.17, 15) is 17.6 Å². The Balaban J connectivity index is 1.18. The van der Waals surface area contributed by atoms with Crippen LogP contribution in [-0.4, -0.2) is 54.7 Å². The molecule has 1 aromatic heterocycles. The van der Waals surface area contributed by atoms with E-state index in [1.165, 1.54) is 33.5 Å². The molecule has 174 valence electrons. The van der Waals surface area contributed by atoms with Crippen LogP contribution in [0.2, 0.25) is 0 Å². The number of halogens is 1. The van der Waals surface area contributed by atoms with Crippen molar-refractivity contribution in [1.82, 2.24) is 14.2 Å². The summed E-state index contributed by atoms with van der Waals surface area (Å²) in [7, 11) is -3.89. The molecule has 3 aromatic rings. The number of benzene rings is 2. The Bertz CT molecular complexity index is 1260. The zero-order valence-electron chi connectivity index (χ0n) is 18.4. The molecule has 0 radical (unpaired) electrons. The van der Waals surface area contributed by atoms with Crippen LogP contribution in [0.25, 0.3) is 10.9 Å². The van der Waals surface area contributed by atoms with Gasteiger partial charge in [-0.3, -0.25) is 4.79 Å². The van der Waals surface area contributed by atoms with Gasteiger partial charge in [-0.05, 0) is 55.4 Å². The predicted octanol–water partition coefficient (Wildman–Crippen LogP) is 4.11. The van der Waals surface area contributed by atoms with Gasteiger partial charge in [-0.1, -0.05) is 30.3 Å². The zero-order chi connectivity index (χ0) is 23.0. The van der Waals surface area contributed by atoms with Crippen molar-refractivity contribution in [2.24, 2.45) is 5.92 Å². The van der Waals surface area contributed by atoms with Crippen LogP contribution in [0, 0.1) is 11.7 Å². The third-order valence-corrected chi connectivity index (χ3v) is 9.06. The van der Waals surface area contributed by atoms with Gasteiger partial charge in [0.1, 0.15) is 10.7 Å². The number of hydrogen-bond donors (Lipinski definition) is 1. The first kappa shape index (κ1) is 22.1. The van der Waals surface area contributed by atoms with Gasteiger partial charge in [-0.2, -0.15) is 4.31 Å². The van der Waals surface area contributed by atoms with E-state index >= 15 is 0 Å². The Morgan fingerprint density at radius 3 is 2.30 bits per heavy atom. The minimum atomic E-state index is -3.89. The number of amides is 1. The number of carbonyl (C=O) groups is 1. The van der Waals surface area contributed by atoms with Gasteiger partial charge >= 0.3 is 0 Å². The van der Waals surface area contributed by atoms with E-state index in [0.717, 1.165) is 37.5 Å². The normalized spacial score (nSPS) is 19.2. The molecule has 0 saturated carbocycles. The molecule has 3 heterocycles. The molecule has 0 bridgehead atoms. The molecule has 0 atom stereocenters. The first-order valence-corrected chi connectivity index (χ1v) is 13.0. The summed E-state index contributed by atoms with van der Waals surface area (Å²) in [6.45, 7) is 1.91. The third-order valence-electron chi connectivity index (χ3n) is 7.13. The lowest BCUT2D eigenvalue weighted by molar-refractivity contribution is -0.137. The fourth-order valence-corrected chi connectivity index (χ4v) is 6.77. The van der Waals surface area contributed by atoms with Gasteiger partial charge in [0.2, 0.25) is 15.9 Å². The molecular weight excluding hydrogens is 441 g/mol. The molecule has 6 nitrogen and oxygen atoms in total. The van der Waals surface area contributed by atoms with E-state index in [4.69, 9.17) is 0 Å². The van der Waals surface area contributed by atoms with Crippen molar-refractivity contribution in [3.05, 3.63) is 66.1 Å². The molecule has 0 spiro atoms. The van der Waals surface area contributed by atoms with E-state index < -0.39 is 15.8 Å². The van der Waals surface area contributed by atoms with Crippen LogP contribution < -0.4 is 0 Å². The van der Waals surface area contributed by atoms with Crippen LogP contribution in [-0.2, 0) is 14.8 Å². The predicted molar refractivity (Wildman–Crippen MR) is 125 cm³/mol. The van der Waals surface area contributed by atoms with Crippen molar-refractivity contribution >= 4 is 26.8 Å².